The molecule has 0 aliphatic heterocycles. The lowest BCUT2D eigenvalue weighted by Gasteiger charge is -2.19. The van der Waals surface area contributed by atoms with Gasteiger partial charge in [0.2, 0.25) is 0 Å². The van der Waals surface area contributed by atoms with Crippen molar-refractivity contribution in [3.63, 3.8) is 0 Å². The summed E-state index contributed by atoms with van der Waals surface area (Å²) >= 11 is 0. The number of phosphoric ester groups is 1. The highest BCUT2D eigenvalue weighted by molar-refractivity contribution is 7.47. The third-order valence-electron chi connectivity index (χ3n) is 7.73. The molecule has 9 nitrogen and oxygen atoms in total. The SMILES string of the molecule is CCC=CCC=CCC=CCC=CCCCCC(=O)OC[C@H](COP(=O)(O)OCCN)OC(=O)CCCCCCCCCCCCCCC. The maximum Gasteiger partial charge on any atom is 0.472 e. The summed E-state index contributed by atoms with van der Waals surface area (Å²) in [4.78, 5) is 34.7. The van der Waals surface area contributed by atoms with Crippen LogP contribution in [-0.2, 0) is 32.7 Å². The number of rotatable bonds is 35. The molecule has 0 radical (unpaired) electrons. The van der Waals surface area contributed by atoms with Crippen LogP contribution >= 0.6 is 7.82 Å². The average molecular weight is 712 g/mol. The fourth-order valence-corrected chi connectivity index (χ4v) is 5.68. The van der Waals surface area contributed by atoms with Gasteiger partial charge in [0.25, 0.3) is 0 Å². The van der Waals surface area contributed by atoms with E-state index in [0.29, 0.717) is 12.8 Å². The van der Waals surface area contributed by atoms with E-state index in [0.717, 1.165) is 57.8 Å². The lowest BCUT2D eigenvalue weighted by atomic mass is 10.0. The van der Waals surface area contributed by atoms with Crippen molar-refractivity contribution in [2.45, 2.75) is 161 Å². The van der Waals surface area contributed by atoms with Crippen LogP contribution in [0, 0.1) is 0 Å². The number of unbranched alkanes of at least 4 members (excludes halogenated alkanes) is 14. The second kappa shape index (κ2) is 35.8. The highest BCUT2D eigenvalue weighted by Gasteiger charge is 2.25. The molecule has 0 aromatic rings. The zero-order valence-corrected chi connectivity index (χ0v) is 31.8. The van der Waals surface area contributed by atoms with Gasteiger partial charge in [0.05, 0.1) is 13.2 Å². The van der Waals surface area contributed by atoms with Crippen LogP contribution < -0.4 is 5.73 Å². The fraction of sp³-hybridized carbons (Fsp3) is 0.744. The van der Waals surface area contributed by atoms with E-state index >= 15 is 0 Å². The Labute approximate surface area is 298 Å². The molecule has 0 aliphatic carbocycles. The van der Waals surface area contributed by atoms with Gasteiger partial charge in [0.15, 0.2) is 6.10 Å². The van der Waals surface area contributed by atoms with Gasteiger partial charge < -0.3 is 20.1 Å². The van der Waals surface area contributed by atoms with Gasteiger partial charge in [-0.15, -0.1) is 0 Å². The highest BCUT2D eigenvalue weighted by Crippen LogP contribution is 2.43. The number of hydrogen-bond donors (Lipinski definition) is 2. The molecule has 0 rings (SSSR count). The molecule has 0 saturated carbocycles. The van der Waals surface area contributed by atoms with Crippen molar-refractivity contribution in [1.29, 1.82) is 0 Å². The molecule has 0 bridgehead atoms. The van der Waals surface area contributed by atoms with Crippen LogP contribution in [0.15, 0.2) is 48.6 Å². The summed E-state index contributed by atoms with van der Waals surface area (Å²) in [5.41, 5.74) is 5.33. The van der Waals surface area contributed by atoms with Gasteiger partial charge in [0.1, 0.15) is 6.61 Å². The standard InChI is InChI=1S/C39H70NO8P/c1-3-5-7-9-11-13-15-17-18-20-21-23-25-27-29-31-38(41)45-35-37(36-47-49(43,44)46-34-33-40)48-39(42)32-30-28-26-24-22-19-16-14-12-10-8-6-4-2/h5,7,11,13,17-18,21,23,37H,3-4,6,8-10,12,14-16,19-20,22,24-36,40H2,1-2H3,(H,43,44)/t37-/m1/s1. The molecule has 0 aromatic carbocycles. The number of hydrogen-bond acceptors (Lipinski definition) is 8. The number of ether oxygens (including phenoxy) is 2. The van der Waals surface area contributed by atoms with Crippen LogP contribution in [0.1, 0.15) is 155 Å². The molecule has 0 aromatic heterocycles. The maximum atomic E-state index is 12.5. The second-order valence-corrected chi connectivity index (χ2v) is 13.9. The summed E-state index contributed by atoms with van der Waals surface area (Å²) < 4.78 is 32.6. The number of carbonyl (C=O) groups is 2. The quantitative estimate of drug-likeness (QED) is 0.0285. The van der Waals surface area contributed by atoms with E-state index in [1.807, 2.05) is 0 Å². The third kappa shape index (κ3) is 35.6. The van der Waals surface area contributed by atoms with E-state index in [-0.39, 0.29) is 32.6 Å². The van der Waals surface area contributed by atoms with Crippen molar-refractivity contribution in [2.24, 2.45) is 5.73 Å². The van der Waals surface area contributed by atoms with Gasteiger partial charge in [0, 0.05) is 19.4 Å². The topological polar surface area (TPSA) is 134 Å². The highest BCUT2D eigenvalue weighted by atomic mass is 31.2. The number of esters is 2. The van der Waals surface area contributed by atoms with Gasteiger partial charge in [-0.3, -0.25) is 18.6 Å². The lowest BCUT2D eigenvalue weighted by Crippen LogP contribution is -2.29. The molecule has 3 N–H and O–H groups in total. The Kier molecular flexibility index (Phi) is 34.3. The van der Waals surface area contributed by atoms with Gasteiger partial charge in [-0.05, 0) is 51.4 Å². The fourth-order valence-electron chi connectivity index (χ4n) is 4.92. The Morgan fingerprint density at radius 2 is 1.12 bits per heavy atom. The summed E-state index contributed by atoms with van der Waals surface area (Å²) in [7, 11) is -4.38. The molecule has 284 valence electrons. The Bertz CT molecular complexity index is 949. The lowest BCUT2D eigenvalue weighted by molar-refractivity contribution is -0.161. The number of allylic oxidation sites excluding steroid dienone is 8. The monoisotopic (exact) mass is 711 g/mol. The molecule has 10 heteroatoms. The van der Waals surface area contributed by atoms with Crippen molar-refractivity contribution < 1.29 is 37.6 Å². The van der Waals surface area contributed by atoms with E-state index in [2.05, 4.69) is 62.5 Å². The molecular weight excluding hydrogens is 641 g/mol. The largest absolute Gasteiger partial charge is 0.472 e. The van der Waals surface area contributed by atoms with Gasteiger partial charge in [-0.1, -0.05) is 140 Å². The van der Waals surface area contributed by atoms with E-state index < -0.39 is 32.5 Å². The first kappa shape index (κ1) is 47.0. The predicted molar refractivity (Wildman–Crippen MR) is 201 cm³/mol. The minimum absolute atomic E-state index is 0.0470. The third-order valence-corrected chi connectivity index (χ3v) is 8.71. The van der Waals surface area contributed by atoms with Crippen molar-refractivity contribution in [1.82, 2.24) is 0 Å². The Morgan fingerprint density at radius 1 is 0.633 bits per heavy atom. The summed E-state index contributed by atoms with van der Waals surface area (Å²) in [5, 5.41) is 0. The van der Waals surface area contributed by atoms with Crippen LogP contribution in [0.25, 0.3) is 0 Å². The summed E-state index contributed by atoms with van der Waals surface area (Å²) in [6.45, 7) is 3.55. The molecule has 1 unspecified atom stereocenters. The number of phosphoric acid groups is 1. The van der Waals surface area contributed by atoms with E-state index in [4.69, 9.17) is 24.3 Å². The van der Waals surface area contributed by atoms with Gasteiger partial charge in [-0.25, -0.2) is 4.57 Å². The van der Waals surface area contributed by atoms with E-state index in [1.54, 1.807) is 0 Å². The smallest absolute Gasteiger partial charge is 0.462 e. The molecule has 49 heavy (non-hydrogen) atoms. The average Bonchev–Trinajstić information content (AvgIpc) is 3.08. The first-order valence-corrected chi connectivity index (χ1v) is 20.6. The molecule has 0 fully saturated rings. The zero-order chi connectivity index (χ0) is 36.1. The number of carbonyl (C=O) groups excluding carboxylic acids is 2. The molecule has 0 amide bonds. The normalized spacial score (nSPS) is 14.0. The Hall–Kier alpha value is -2.03. The van der Waals surface area contributed by atoms with Crippen LogP contribution in [0.5, 0.6) is 0 Å². The molecule has 0 spiro atoms. The first-order valence-electron chi connectivity index (χ1n) is 19.1. The van der Waals surface area contributed by atoms with Crippen LogP contribution in [-0.4, -0.2) is 49.3 Å². The van der Waals surface area contributed by atoms with Crippen LogP contribution in [0.4, 0.5) is 0 Å². The maximum absolute atomic E-state index is 12.5. The number of nitrogens with two attached hydrogens (primary N) is 1. The summed E-state index contributed by atoms with van der Waals surface area (Å²) in [6.07, 6.45) is 38.6. The molecular formula is C39H70NO8P. The molecule has 2 atom stereocenters. The summed E-state index contributed by atoms with van der Waals surface area (Å²) in [6, 6.07) is 0. The van der Waals surface area contributed by atoms with Crippen molar-refractivity contribution >= 4 is 19.8 Å². The van der Waals surface area contributed by atoms with Crippen molar-refractivity contribution in [3.8, 4) is 0 Å². The molecule has 0 aliphatic rings. The Balaban J connectivity index is 4.30. The Morgan fingerprint density at radius 3 is 1.67 bits per heavy atom. The minimum Gasteiger partial charge on any atom is -0.462 e. The second-order valence-electron chi connectivity index (χ2n) is 12.4. The minimum atomic E-state index is -4.38. The first-order chi connectivity index (χ1) is 23.8. The zero-order valence-electron chi connectivity index (χ0n) is 30.9. The molecule has 0 saturated heterocycles. The van der Waals surface area contributed by atoms with Gasteiger partial charge in [-0.2, -0.15) is 0 Å². The van der Waals surface area contributed by atoms with Gasteiger partial charge >= 0.3 is 19.8 Å². The van der Waals surface area contributed by atoms with E-state index in [9.17, 15) is 19.0 Å². The molecule has 0 heterocycles. The van der Waals surface area contributed by atoms with Crippen molar-refractivity contribution in [3.05, 3.63) is 48.6 Å². The van der Waals surface area contributed by atoms with Crippen molar-refractivity contribution in [2.75, 3.05) is 26.4 Å². The predicted octanol–water partition coefficient (Wildman–Crippen LogP) is 10.4. The summed E-state index contributed by atoms with van der Waals surface area (Å²) in [5.74, 6) is -0.879. The van der Waals surface area contributed by atoms with Crippen LogP contribution in [0.2, 0.25) is 0 Å². The van der Waals surface area contributed by atoms with Crippen LogP contribution in [0.3, 0.4) is 0 Å². The van der Waals surface area contributed by atoms with E-state index in [1.165, 1.54) is 57.8 Å².